The fourth-order valence-electron chi connectivity index (χ4n) is 2.77. The number of fused-ring (bicyclic) bond motifs is 1. The van der Waals surface area contributed by atoms with Gasteiger partial charge in [-0.2, -0.15) is 0 Å². The lowest BCUT2D eigenvalue weighted by atomic mass is 10.0. The van der Waals surface area contributed by atoms with E-state index >= 15 is 0 Å². The zero-order valence-electron chi connectivity index (χ0n) is 12.4. The Hall–Kier alpha value is -1.80. The summed E-state index contributed by atoms with van der Waals surface area (Å²) in [5, 5.41) is 11.1. The van der Waals surface area contributed by atoms with Crippen molar-refractivity contribution in [2.24, 2.45) is 0 Å². The SMILES string of the molecule is O=C(CCl)N(Cc1c(F)ccc(Cl)c1F)C1CCc2nnnn2C1. The Labute approximate surface area is 146 Å². The normalized spacial score (nSPS) is 16.8. The molecule has 0 bridgehead atoms. The molecule has 0 fully saturated rings. The molecule has 1 aliphatic heterocycles. The topological polar surface area (TPSA) is 63.9 Å². The van der Waals surface area contributed by atoms with E-state index in [-0.39, 0.29) is 29.1 Å². The molecule has 1 aliphatic rings. The average Bonchev–Trinajstić information content (AvgIpc) is 3.05. The molecule has 0 saturated carbocycles. The van der Waals surface area contributed by atoms with Crippen LogP contribution in [0.1, 0.15) is 17.8 Å². The lowest BCUT2D eigenvalue weighted by Gasteiger charge is -2.34. The zero-order chi connectivity index (χ0) is 17.3. The highest BCUT2D eigenvalue weighted by molar-refractivity contribution is 6.30. The number of carbonyl (C=O) groups excluding carboxylic acids is 1. The molecule has 2 heterocycles. The number of alkyl halides is 1. The van der Waals surface area contributed by atoms with Gasteiger partial charge >= 0.3 is 0 Å². The number of benzene rings is 1. The fourth-order valence-corrected chi connectivity index (χ4v) is 3.10. The minimum absolute atomic E-state index is 0.198. The number of tetrazole rings is 1. The quantitative estimate of drug-likeness (QED) is 0.606. The van der Waals surface area contributed by atoms with Crippen LogP contribution in [0.25, 0.3) is 0 Å². The van der Waals surface area contributed by atoms with E-state index in [1.165, 1.54) is 4.90 Å². The third-order valence-corrected chi connectivity index (χ3v) is 4.55. The van der Waals surface area contributed by atoms with Crippen molar-refractivity contribution >= 4 is 29.1 Å². The summed E-state index contributed by atoms with van der Waals surface area (Å²) in [5.41, 5.74) is -0.261. The largest absolute Gasteiger partial charge is 0.332 e. The van der Waals surface area contributed by atoms with Gasteiger partial charge in [-0.3, -0.25) is 4.79 Å². The Balaban J connectivity index is 1.89. The minimum Gasteiger partial charge on any atom is -0.332 e. The van der Waals surface area contributed by atoms with Crippen LogP contribution >= 0.6 is 23.2 Å². The molecule has 1 aromatic heterocycles. The van der Waals surface area contributed by atoms with Crippen molar-refractivity contribution < 1.29 is 13.6 Å². The Kier molecular flexibility index (Phi) is 4.96. The predicted molar refractivity (Wildman–Crippen MR) is 82.6 cm³/mol. The third kappa shape index (κ3) is 3.21. The van der Waals surface area contributed by atoms with Gasteiger partial charge in [0.2, 0.25) is 5.91 Å². The molecule has 1 amide bonds. The molecule has 1 atom stereocenters. The first kappa shape index (κ1) is 17.0. The van der Waals surface area contributed by atoms with Crippen LogP contribution in [0.5, 0.6) is 0 Å². The fraction of sp³-hybridized carbons (Fsp3) is 0.429. The van der Waals surface area contributed by atoms with Gasteiger partial charge in [-0.1, -0.05) is 11.6 Å². The van der Waals surface area contributed by atoms with Crippen LogP contribution < -0.4 is 0 Å². The van der Waals surface area contributed by atoms with Gasteiger partial charge in [-0.05, 0) is 29.0 Å². The first-order valence-electron chi connectivity index (χ1n) is 7.24. The molecule has 0 spiro atoms. The predicted octanol–water partition coefficient (Wildman–Crippen LogP) is 2.19. The Morgan fingerprint density at radius 2 is 2.21 bits per heavy atom. The van der Waals surface area contributed by atoms with Crippen LogP contribution in [-0.2, 0) is 24.3 Å². The number of nitrogens with zero attached hydrogens (tertiary/aromatic N) is 5. The molecule has 1 aromatic carbocycles. The number of aryl methyl sites for hydroxylation is 1. The molecular weight excluding hydrogens is 363 g/mol. The van der Waals surface area contributed by atoms with Crippen LogP contribution in [-0.4, -0.2) is 42.9 Å². The van der Waals surface area contributed by atoms with Gasteiger partial charge in [0, 0.05) is 12.0 Å². The standard InChI is InChI=1S/C14H13Cl2F2N5O/c15-5-13(24)22(7-9-11(17)3-2-10(16)14(9)18)8-1-4-12-19-20-21-23(12)6-8/h2-3,8H,1,4-7H2. The number of aromatic nitrogens is 4. The van der Waals surface area contributed by atoms with E-state index in [9.17, 15) is 13.6 Å². The number of carbonyl (C=O) groups is 1. The highest BCUT2D eigenvalue weighted by Gasteiger charge is 2.30. The van der Waals surface area contributed by atoms with Crippen LogP contribution in [0, 0.1) is 11.6 Å². The molecule has 24 heavy (non-hydrogen) atoms. The number of hydrogen-bond donors (Lipinski definition) is 0. The van der Waals surface area contributed by atoms with E-state index in [4.69, 9.17) is 23.2 Å². The average molecular weight is 376 g/mol. The molecule has 3 rings (SSSR count). The van der Waals surface area contributed by atoms with Crippen molar-refractivity contribution in [2.45, 2.75) is 32.0 Å². The highest BCUT2D eigenvalue weighted by Crippen LogP contribution is 2.25. The molecule has 0 radical (unpaired) electrons. The van der Waals surface area contributed by atoms with E-state index in [2.05, 4.69) is 15.5 Å². The minimum atomic E-state index is -0.872. The summed E-state index contributed by atoms with van der Waals surface area (Å²) in [6.45, 7) is 0.0840. The highest BCUT2D eigenvalue weighted by atomic mass is 35.5. The van der Waals surface area contributed by atoms with Crippen molar-refractivity contribution in [3.63, 3.8) is 0 Å². The monoisotopic (exact) mass is 375 g/mol. The van der Waals surface area contributed by atoms with E-state index in [1.807, 2.05) is 0 Å². The van der Waals surface area contributed by atoms with Crippen LogP contribution in [0.3, 0.4) is 0 Å². The second-order valence-corrected chi connectivity index (χ2v) is 6.12. The summed E-state index contributed by atoms with van der Waals surface area (Å²) in [6.07, 6.45) is 1.14. The molecule has 0 saturated heterocycles. The van der Waals surface area contributed by atoms with E-state index < -0.39 is 17.5 Å². The molecule has 6 nitrogen and oxygen atoms in total. The van der Waals surface area contributed by atoms with Gasteiger partial charge in [-0.25, -0.2) is 13.5 Å². The van der Waals surface area contributed by atoms with Crippen LogP contribution in [0.4, 0.5) is 8.78 Å². The number of hydrogen-bond acceptors (Lipinski definition) is 4. The maximum atomic E-state index is 14.2. The smallest absolute Gasteiger partial charge is 0.238 e. The first-order valence-corrected chi connectivity index (χ1v) is 8.15. The lowest BCUT2D eigenvalue weighted by molar-refractivity contribution is -0.132. The van der Waals surface area contributed by atoms with Gasteiger partial charge in [0.15, 0.2) is 5.82 Å². The van der Waals surface area contributed by atoms with Crippen molar-refractivity contribution in [3.8, 4) is 0 Å². The van der Waals surface area contributed by atoms with E-state index in [0.717, 1.165) is 12.1 Å². The Morgan fingerprint density at radius 3 is 2.96 bits per heavy atom. The molecule has 1 unspecified atom stereocenters. The van der Waals surface area contributed by atoms with E-state index in [1.54, 1.807) is 4.68 Å². The summed E-state index contributed by atoms with van der Waals surface area (Å²) in [4.78, 5) is 13.6. The van der Waals surface area contributed by atoms with Gasteiger partial charge in [-0.15, -0.1) is 16.7 Å². The van der Waals surface area contributed by atoms with Crippen LogP contribution in [0.2, 0.25) is 5.02 Å². The molecular formula is C14H13Cl2F2N5O. The van der Waals surface area contributed by atoms with Crippen molar-refractivity contribution in [3.05, 3.63) is 40.2 Å². The Bertz CT molecular complexity index is 770. The van der Waals surface area contributed by atoms with Gasteiger partial charge in [0.05, 0.1) is 24.2 Å². The Morgan fingerprint density at radius 1 is 1.42 bits per heavy atom. The van der Waals surface area contributed by atoms with E-state index in [0.29, 0.717) is 25.2 Å². The van der Waals surface area contributed by atoms with Gasteiger partial charge in [0.25, 0.3) is 0 Å². The molecule has 0 aliphatic carbocycles. The zero-order valence-corrected chi connectivity index (χ0v) is 13.9. The summed E-state index contributed by atoms with van der Waals surface area (Å²) < 4.78 is 29.8. The molecule has 0 N–H and O–H groups in total. The molecule has 128 valence electrons. The third-order valence-electron chi connectivity index (χ3n) is 4.03. The second-order valence-electron chi connectivity index (χ2n) is 5.45. The van der Waals surface area contributed by atoms with Gasteiger partial charge in [0.1, 0.15) is 17.5 Å². The van der Waals surface area contributed by atoms with Crippen LogP contribution in [0.15, 0.2) is 12.1 Å². The van der Waals surface area contributed by atoms with Crippen molar-refractivity contribution in [1.82, 2.24) is 25.1 Å². The summed E-state index contributed by atoms with van der Waals surface area (Å²) >= 11 is 11.4. The lowest BCUT2D eigenvalue weighted by Crippen LogP contribution is -2.45. The first-order chi connectivity index (χ1) is 11.5. The second kappa shape index (κ2) is 6.98. The number of amides is 1. The maximum Gasteiger partial charge on any atom is 0.238 e. The molecule has 2 aromatic rings. The number of halogens is 4. The van der Waals surface area contributed by atoms with Crippen molar-refractivity contribution in [1.29, 1.82) is 0 Å². The summed E-state index contributed by atoms with van der Waals surface area (Å²) in [5.74, 6) is -1.63. The number of rotatable bonds is 4. The van der Waals surface area contributed by atoms with Gasteiger partial charge < -0.3 is 4.90 Å². The molecule has 10 heteroatoms. The van der Waals surface area contributed by atoms with Crippen molar-refractivity contribution in [2.75, 3.05) is 5.88 Å². The maximum absolute atomic E-state index is 14.2. The summed E-state index contributed by atoms with van der Waals surface area (Å²) in [6, 6.07) is 1.90. The summed E-state index contributed by atoms with van der Waals surface area (Å²) in [7, 11) is 0.